The fourth-order valence-electron chi connectivity index (χ4n) is 3.50. The first-order valence-electron chi connectivity index (χ1n) is 8.06. The van der Waals surface area contributed by atoms with Gasteiger partial charge in [0.15, 0.2) is 5.60 Å². The van der Waals surface area contributed by atoms with Gasteiger partial charge in [-0.3, -0.25) is 9.59 Å². The minimum Gasteiger partial charge on any atom is -0.361 e. The fourth-order valence-corrected chi connectivity index (χ4v) is 3.50. The van der Waals surface area contributed by atoms with Gasteiger partial charge in [0, 0.05) is 20.1 Å². The van der Waals surface area contributed by atoms with Crippen LogP contribution in [0.1, 0.15) is 41.1 Å². The second-order valence-electron chi connectivity index (χ2n) is 6.45. The summed E-state index contributed by atoms with van der Waals surface area (Å²) < 4.78 is 11.0. The van der Waals surface area contributed by atoms with Crippen molar-refractivity contribution in [2.75, 3.05) is 33.3 Å². The van der Waals surface area contributed by atoms with Crippen molar-refractivity contribution in [2.24, 2.45) is 0 Å². The highest BCUT2D eigenvalue weighted by Crippen LogP contribution is 2.30. The van der Waals surface area contributed by atoms with E-state index in [0.717, 1.165) is 19.4 Å². The second kappa shape index (κ2) is 5.96. The molecule has 1 spiro atoms. The van der Waals surface area contributed by atoms with Crippen LogP contribution in [0.15, 0.2) is 4.52 Å². The van der Waals surface area contributed by atoms with Gasteiger partial charge in [-0.2, -0.15) is 0 Å². The largest absolute Gasteiger partial charge is 0.361 e. The van der Waals surface area contributed by atoms with Crippen LogP contribution in [-0.4, -0.2) is 65.7 Å². The number of likely N-dealkylation sites (tertiary alicyclic amines) is 1. The molecule has 0 radical (unpaired) electrons. The number of carbonyl (C=O) groups is 2. The molecule has 2 fully saturated rings. The molecule has 0 saturated carbocycles. The average Bonchev–Trinajstić information content (AvgIpc) is 2.82. The Morgan fingerprint density at radius 1 is 1.26 bits per heavy atom. The number of ether oxygens (including phenoxy) is 1. The minimum absolute atomic E-state index is 0.0220. The summed E-state index contributed by atoms with van der Waals surface area (Å²) in [5.74, 6) is 0.354. The molecule has 3 rings (SSSR count). The van der Waals surface area contributed by atoms with Gasteiger partial charge in [0.05, 0.1) is 18.8 Å². The molecular formula is C16H23N3O4. The smallest absolute Gasteiger partial charge is 0.259 e. The summed E-state index contributed by atoms with van der Waals surface area (Å²) in [5, 5.41) is 3.85. The van der Waals surface area contributed by atoms with Crippen molar-refractivity contribution in [1.29, 1.82) is 0 Å². The third-order valence-corrected chi connectivity index (χ3v) is 4.78. The van der Waals surface area contributed by atoms with Crippen LogP contribution in [0.2, 0.25) is 0 Å². The summed E-state index contributed by atoms with van der Waals surface area (Å²) in [7, 11) is 1.80. The lowest BCUT2D eigenvalue weighted by molar-refractivity contribution is -0.166. The third kappa shape index (κ3) is 2.73. The Hall–Kier alpha value is -1.89. The van der Waals surface area contributed by atoms with Crippen LogP contribution >= 0.6 is 0 Å². The van der Waals surface area contributed by atoms with Gasteiger partial charge >= 0.3 is 0 Å². The van der Waals surface area contributed by atoms with Crippen LogP contribution in [0, 0.1) is 13.8 Å². The predicted octanol–water partition coefficient (Wildman–Crippen LogP) is 1.14. The highest BCUT2D eigenvalue weighted by atomic mass is 16.5. The molecule has 0 aliphatic carbocycles. The van der Waals surface area contributed by atoms with E-state index in [-0.39, 0.29) is 11.8 Å². The summed E-state index contributed by atoms with van der Waals surface area (Å²) >= 11 is 0. The lowest BCUT2D eigenvalue weighted by Gasteiger charge is -2.42. The Kier molecular flexibility index (Phi) is 4.14. The number of nitrogens with zero attached hydrogens (tertiary/aromatic N) is 3. The van der Waals surface area contributed by atoms with Crippen LogP contribution in [0.25, 0.3) is 0 Å². The number of aryl methyl sites for hydroxylation is 2. The number of hydrogen-bond donors (Lipinski definition) is 0. The van der Waals surface area contributed by atoms with E-state index < -0.39 is 5.60 Å². The Bertz CT molecular complexity index is 607. The van der Waals surface area contributed by atoms with E-state index in [1.54, 1.807) is 30.7 Å². The lowest BCUT2D eigenvalue weighted by atomic mass is 9.93. The number of morpholine rings is 1. The van der Waals surface area contributed by atoms with Gasteiger partial charge in [0.2, 0.25) is 0 Å². The van der Waals surface area contributed by atoms with Gasteiger partial charge < -0.3 is 19.1 Å². The van der Waals surface area contributed by atoms with E-state index in [1.807, 2.05) is 0 Å². The van der Waals surface area contributed by atoms with Crippen molar-refractivity contribution in [3.63, 3.8) is 0 Å². The Balaban J connectivity index is 1.85. The molecule has 2 aliphatic heterocycles. The first kappa shape index (κ1) is 16.0. The van der Waals surface area contributed by atoms with Crippen molar-refractivity contribution in [2.45, 2.75) is 38.7 Å². The van der Waals surface area contributed by atoms with Gasteiger partial charge in [-0.05, 0) is 33.1 Å². The molecule has 3 heterocycles. The molecule has 23 heavy (non-hydrogen) atoms. The maximum absolute atomic E-state index is 12.8. The molecule has 7 heteroatoms. The zero-order valence-corrected chi connectivity index (χ0v) is 13.9. The van der Waals surface area contributed by atoms with Gasteiger partial charge in [-0.15, -0.1) is 0 Å². The van der Waals surface area contributed by atoms with E-state index in [1.165, 1.54) is 0 Å². The van der Waals surface area contributed by atoms with Crippen LogP contribution in [0.4, 0.5) is 0 Å². The molecular weight excluding hydrogens is 298 g/mol. The molecule has 1 unspecified atom stereocenters. The number of likely N-dealkylation sites (N-methyl/N-ethyl adjacent to an activating group) is 1. The normalized spacial score (nSPS) is 25.8. The first-order valence-corrected chi connectivity index (χ1v) is 8.06. The van der Waals surface area contributed by atoms with E-state index in [4.69, 9.17) is 9.26 Å². The molecule has 2 saturated heterocycles. The van der Waals surface area contributed by atoms with Crippen molar-refractivity contribution in [3.8, 4) is 0 Å². The molecule has 7 nitrogen and oxygen atoms in total. The maximum atomic E-state index is 12.8. The summed E-state index contributed by atoms with van der Waals surface area (Å²) in [5.41, 5.74) is 0.173. The minimum atomic E-state index is -0.905. The zero-order chi connectivity index (χ0) is 16.6. The first-order chi connectivity index (χ1) is 10.9. The molecule has 1 aromatic rings. The molecule has 1 atom stereocenters. The fraction of sp³-hybridized carbons (Fsp3) is 0.688. The second-order valence-corrected chi connectivity index (χ2v) is 6.45. The standard InChI is InChI=1S/C16H23N3O4/c1-11-13(12(2)23-17-11)14(20)19-8-9-22-16(10-19)6-4-5-7-18(3)15(16)21/h4-10H2,1-3H3. The van der Waals surface area contributed by atoms with Gasteiger partial charge in [0.1, 0.15) is 11.3 Å². The number of hydrogen-bond acceptors (Lipinski definition) is 5. The van der Waals surface area contributed by atoms with E-state index >= 15 is 0 Å². The van der Waals surface area contributed by atoms with Gasteiger partial charge in [0.25, 0.3) is 11.8 Å². The van der Waals surface area contributed by atoms with Crippen molar-refractivity contribution >= 4 is 11.8 Å². The molecule has 1 aromatic heterocycles. The Morgan fingerprint density at radius 3 is 2.74 bits per heavy atom. The molecule has 0 aromatic carbocycles. The topological polar surface area (TPSA) is 75.9 Å². The molecule has 126 valence electrons. The van der Waals surface area contributed by atoms with Crippen LogP contribution in [0.5, 0.6) is 0 Å². The summed E-state index contributed by atoms with van der Waals surface area (Å²) in [4.78, 5) is 29.0. The Morgan fingerprint density at radius 2 is 2.04 bits per heavy atom. The maximum Gasteiger partial charge on any atom is 0.259 e. The summed E-state index contributed by atoms with van der Waals surface area (Å²) in [6.45, 7) is 5.36. The molecule has 0 N–H and O–H groups in total. The molecule has 0 bridgehead atoms. The van der Waals surface area contributed by atoms with Crippen LogP contribution < -0.4 is 0 Å². The van der Waals surface area contributed by atoms with Gasteiger partial charge in [-0.25, -0.2) is 0 Å². The lowest BCUT2D eigenvalue weighted by Crippen LogP contribution is -2.60. The summed E-state index contributed by atoms with van der Waals surface area (Å²) in [6.07, 6.45) is 2.54. The van der Waals surface area contributed by atoms with Crippen LogP contribution in [-0.2, 0) is 9.53 Å². The van der Waals surface area contributed by atoms with Crippen molar-refractivity contribution < 1.29 is 18.8 Å². The molecule has 2 amide bonds. The van der Waals surface area contributed by atoms with E-state index in [2.05, 4.69) is 5.16 Å². The van der Waals surface area contributed by atoms with Crippen molar-refractivity contribution in [3.05, 3.63) is 17.0 Å². The SMILES string of the molecule is Cc1noc(C)c1C(=O)N1CCOC2(CCCCN(C)C2=O)C1. The quantitative estimate of drug-likeness (QED) is 0.775. The number of carbonyl (C=O) groups excluding carboxylic acids is 2. The summed E-state index contributed by atoms with van der Waals surface area (Å²) in [6, 6.07) is 0. The number of aromatic nitrogens is 1. The third-order valence-electron chi connectivity index (χ3n) is 4.78. The van der Waals surface area contributed by atoms with E-state index in [9.17, 15) is 9.59 Å². The number of amides is 2. The predicted molar refractivity (Wildman–Crippen MR) is 82.1 cm³/mol. The zero-order valence-electron chi connectivity index (χ0n) is 13.9. The monoisotopic (exact) mass is 321 g/mol. The van der Waals surface area contributed by atoms with Crippen molar-refractivity contribution in [1.82, 2.24) is 15.0 Å². The number of rotatable bonds is 1. The molecule has 2 aliphatic rings. The van der Waals surface area contributed by atoms with Gasteiger partial charge in [-0.1, -0.05) is 5.16 Å². The highest BCUT2D eigenvalue weighted by molar-refractivity contribution is 5.97. The van der Waals surface area contributed by atoms with E-state index in [0.29, 0.717) is 43.1 Å². The highest BCUT2D eigenvalue weighted by Gasteiger charge is 2.47. The average molecular weight is 321 g/mol. The van der Waals surface area contributed by atoms with Crippen LogP contribution in [0.3, 0.4) is 0 Å². The Labute approximate surface area is 135 Å².